The molecular weight excluding hydrogens is 188 g/mol. The summed E-state index contributed by atoms with van der Waals surface area (Å²) in [6.07, 6.45) is 3.85. The van der Waals surface area contributed by atoms with E-state index < -0.39 is 0 Å². The van der Waals surface area contributed by atoms with Gasteiger partial charge in [-0.1, -0.05) is 20.8 Å². The molecule has 4 nitrogen and oxygen atoms in total. The lowest BCUT2D eigenvalue weighted by molar-refractivity contribution is 0.573. The van der Waals surface area contributed by atoms with Crippen LogP contribution in [0.4, 0.5) is 5.69 Å². The van der Waals surface area contributed by atoms with Crippen LogP contribution in [0.15, 0.2) is 12.4 Å². The van der Waals surface area contributed by atoms with Crippen molar-refractivity contribution >= 4 is 11.5 Å². The molecule has 15 heavy (non-hydrogen) atoms. The van der Waals surface area contributed by atoms with Gasteiger partial charge in [-0.15, -0.1) is 0 Å². The van der Waals surface area contributed by atoms with E-state index in [0.717, 1.165) is 11.4 Å². The Hall–Kier alpha value is -1.58. The Morgan fingerprint density at radius 1 is 1.20 bits per heavy atom. The molecule has 2 aromatic heterocycles. The van der Waals surface area contributed by atoms with Crippen LogP contribution >= 0.6 is 0 Å². The molecule has 0 amide bonds. The normalized spacial score (nSPS) is 12.3. The number of rotatable bonds is 0. The monoisotopic (exact) mass is 204 g/mol. The molecule has 0 unspecified atom stereocenters. The number of imidazole rings is 1. The second kappa shape index (κ2) is 2.95. The van der Waals surface area contributed by atoms with Gasteiger partial charge in [-0.05, 0) is 6.92 Å². The van der Waals surface area contributed by atoms with E-state index in [1.807, 2.05) is 23.7 Å². The number of hydrogen-bond donors (Lipinski definition) is 1. The van der Waals surface area contributed by atoms with Crippen molar-refractivity contribution in [2.75, 3.05) is 5.73 Å². The van der Waals surface area contributed by atoms with Crippen molar-refractivity contribution in [3.8, 4) is 0 Å². The fourth-order valence-corrected chi connectivity index (χ4v) is 1.38. The van der Waals surface area contributed by atoms with E-state index in [1.165, 1.54) is 0 Å². The van der Waals surface area contributed by atoms with Crippen molar-refractivity contribution in [1.82, 2.24) is 14.4 Å². The third-order valence-electron chi connectivity index (χ3n) is 2.44. The molecule has 2 rings (SSSR count). The average Bonchev–Trinajstić information content (AvgIpc) is 2.47. The van der Waals surface area contributed by atoms with Gasteiger partial charge in [0.15, 0.2) is 0 Å². The number of aromatic nitrogens is 3. The second-order valence-corrected chi connectivity index (χ2v) is 4.87. The van der Waals surface area contributed by atoms with Crippen LogP contribution in [0.1, 0.15) is 32.2 Å². The molecule has 0 radical (unpaired) electrons. The summed E-state index contributed by atoms with van der Waals surface area (Å²) in [7, 11) is 0. The number of fused-ring (bicyclic) bond motifs is 1. The maximum atomic E-state index is 5.79. The average molecular weight is 204 g/mol. The fraction of sp³-hybridized carbons (Fsp3) is 0.455. The van der Waals surface area contributed by atoms with Gasteiger partial charge in [0.05, 0.1) is 17.1 Å². The number of nitrogens with two attached hydrogens (primary N) is 1. The number of anilines is 1. The highest BCUT2D eigenvalue weighted by molar-refractivity contribution is 5.46. The molecule has 0 spiro atoms. The van der Waals surface area contributed by atoms with Crippen molar-refractivity contribution in [3.63, 3.8) is 0 Å². The van der Waals surface area contributed by atoms with Crippen LogP contribution in [0.5, 0.6) is 0 Å². The zero-order valence-corrected chi connectivity index (χ0v) is 9.57. The highest BCUT2D eigenvalue weighted by Crippen LogP contribution is 2.21. The van der Waals surface area contributed by atoms with E-state index >= 15 is 0 Å². The molecule has 0 fully saturated rings. The first-order chi connectivity index (χ1) is 6.88. The summed E-state index contributed by atoms with van der Waals surface area (Å²) in [6.45, 7) is 8.28. The molecule has 0 bridgehead atoms. The van der Waals surface area contributed by atoms with E-state index in [-0.39, 0.29) is 5.41 Å². The van der Waals surface area contributed by atoms with Gasteiger partial charge in [-0.25, -0.2) is 9.97 Å². The summed E-state index contributed by atoms with van der Waals surface area (Å²) in [5.41, 5.74) is 8.38. The highest BCUT2D eigenvalue weighted by atomic mass is 15.1. The van der Waals surface area contributed by atoms with Crippen molar-refractivity contribution < 1.29 is 0 Å². The summed E-state index contributed by atoms with van der Waals surface area (Å²) in [4.78, 5) is 8.82. The summed E-state index contributed by atoms with van der Waals surface area (Å²) >= 11 is 0. The van der Waals surface area contributed by atoms with E-state index in [1.54, 1.807) is 0 Å². The zero-order valence-electron chi connectivity index (χ0n) is 9.57. The first-order valence-corrected chi connectivity index (χ1v) is 5.00. The molecule has 2 aromatic rings. The molecular formula is C11H16N4. The van der Waals surface area contributed by atoms with E-state index in [9.17, 15) is 0 Å². The summed E-state index contributed by atoms with van der Waals surface area (Å²) in [6, 6.07) is 0. The van der Waals surface area contributed by atoms with E-state index in [0.29, 0.717) is 11.5 Å². The van der Waals surface area contributed by atoms with Crippen LogP contribution in [0, 0.1) is 6.92 Å². The maximum Gasteiger partial charge on any atom is 0.234 e. The van der Waals surface area contributed by atoms with Gasteiger partial charge in [0.25, 0.3) is 0 Å². The van der Waals surface area contributed by atoms with Gasteiger partial charge in [-0.2, -0.15) is 0 Å². The number of nitrogen functional groups attached to an aromatic ring is 1. The Morgan fingerprint density at radius 3 is 2.47 bits per heavy atom. The highest BCUT2D eigenvalue weighted by Gasteiger charge is 2.18. The zero-order chi connectivity index (χ0) is 11.2. The lowest BCUT2D eigenvalue weighted by Gasteiger charge is -2.13. The maximum absolute atomic E-state index is 5.79. The van der Waals surface area contributed by atoms with Crippen LogP contribution < -0.4 is 5.73 Å². The van der Waals surface area contributed by atoms with Crippen LogP contribution in [-0.2, 0) is 5.41 Å². The van der Waals surface area contributed by atoms with Crippen LogP contribution in [0.3, 0.4) is 0 Å². The fourth-order valence-electron chi connectivity index (χ4n) is 1.38. The number of aryl methyl sites for hydroxylation is 1. The molecule has 0 aliphatic carbocycles. The van der Waals surface area contributed by atoms with Crippen LogP contribution in [0.25, 0.3) is 5.78 Å². The Kier molecular flexibility index (Phi) is 1.96. The van der Waals surface area contributed by atoms with Crippen molar-refractivity contribution in [3.05, 3.63) is 23.8 Å². The van der Waals surface area contributed by atoms with Crippen LogP contribution in [0.2, 0.25) is 0 Å². The largest absolute Gasteiger partial charge is 0.396 e. The second-order valence-electron chi connectivity index (χ2n) is 4.87. The molecule has 0 saturated heterocycles. The Bertz CT molecular complexity index is 466. The Balaban J connectivity index is 2.66. The molecule has 2 heterocycles. The minimum atomic E-state index is 0.0381. The molecule has 0 aliphatic heterocycles. The topological polar surface area (TPSA) is 56.2 Å². The predicted octanol–water partition coefficient (Wildman–Crippen LogP) is 1.92. The Morgan fingerprint density at radius 2 is 1.87 bits per heavy atom. The van der Waals surface area contributed by atoms with Gasteiger partial charge >= 0.3 is 0 Å². The molecule has 0 aliphatic rings. The quantitative estimate of drug-likeness (QED) is 0.713. The summed E-state index contributed by atoms with van der Waals surface area (Å²) in [5.74, 6) is 0.714. The predicted molar refractivity (Wildman–Crippen MR) is 60.8 cm³/mol. The molecule has 4 heteroatoms. The van der Waals surface area contributed by atoms with Gasteiger partial charge in [0.1, 0.15) is 0 Å². The van der Waals surface area contributed by atoms with E-state index in [2.05, 4.69) is 30.7 Å². The minimum Gasteiger partial charge on any atom is -0.396 e. The third kappa shape index (κ3) is 1.67. The van der Waals surface area contributed by atoms with Gasteiger partial charge in [-0.3, -0.25) is 4.40 Å². The smallest absolute Gasteiger partial charge is 0.234 e. The number of hydrogen-bond acceptors (Lipinski definition) is 3. The number of nitrogens with zero attached hydrogens (tertiary/aromatic N) is 3. The van der Waals surface area contributed by atoms with Gasteiger partial charge < -0.3 is 5.73 Å². The molecule has 2 N–H and O–H groups in total. The SMILES string of the molecule is Cc1nc2nc(C(C)(C)C)cn2cc1N. The van der Waals surface area contributed by atoms with Crippen molar-refractivity contribution in [1.29, 1.82) is 0 Å². The first kappa shape index (κ1) is 9.96. The minimum absolute atomic E-state index is 0.0381. The summed E-state index contributed by atoms with van der Waals surface area (Å²) < 4.78 is 1.88. The first-order valence-electron chi connectivity index (χ1n) is 5.00. The van der Waals surface area contributed by atoms with Gasteiger partial charge in [0.2, 0.25) is 5.78 Å². The molecule has 0 atom stereocenters. The lowest BCUT2D eigenvalue weighted by Crippen LogP contribution is -2.11. The Labute approximate surface area is 89.2 Å². The van der Waals surface area contributed by atoms with Crippen molar-refractivity contribution in [2.24, 2.45) is 0 Å². The van der Waals surface area contributed by atoms with Crippen LogP contribution in [-0.4, -0.2) is 14.4 Å². The standard InChI is InChI=1S/C11H16N4/c1-7-8(12)5-15-6-9(11(2,3)4)14-10(15)13-7/h5-6H,12H2,1-4H3. The molecule has 0 aromatic carbocycles. The van der Waals surface area contributed by atoms with Crippen molar-refractivity contribution in [2.45, 2.75) is 33.1 Å². The molecule has 80 valence electrons. The molecule has 0 saturated carbocycles. The van der Waals surface area contributed by atoms with E-state index in [4.69, 9.17) is 5.73 Å². The summed E-state index contributed by atoms with van der Waals surface area (Å²) in [5, 5.41) is 0. The third-order valence-corrected chi connectivity index (χ3v) is 2.44. The van der Waals surface area contributed by atoms with Gasteiger partial charge in [0, 0.05) is 17.8 Å². The lowest BCUT2D eigenvalue weighted by atomic mass is 9.93.